The van der Waals surface area contributed by atoms with Gasteiger partial charge in [-0.15, -0.1) is 0 Å². The van der Waals surface area contributed by atoms with Gasteiger partial charge in [-0.1, -0.05) is 54.6 Å². The molecule has 3 nitrogen and oxygen atoms in total. The number of carbonyl (C=O) groups is 1. The highest BCUT2D eigenvalue weighted by molar-refractivity contribution is 5.73. The van der Waals surface area contributed by atoms with Gasteiger partial charge in [0.25, 0.3) is 0 Å². The molecule has 0 radical (unpaired) electrons. The number of amides is 1. The Balaban J connectivity index is 1.54. The van der Waals surface area contributed by atoms with Crippen LogP contribution in [0.3, 0.4) is 0 Å². The van der Waals surface area contributed by atoms with Crippen LogP contribution in [0.5, 0.6) is 0 Å². The number of rotatable bonds is 4. The minimum Gasteiger partial charge on any atom is -0.354 e. The SMILES string of the molecule is CC(=O)NC1CCN(Cc2ccc(-c3ccccc3)cc2)CC1. The lowest BCUT2D eigenvalue weighted by atomic mass is 10.0. The lowest BCUT2D eigenvalue weighted by molar-refractivity contribution is -0.119. The van der Waals surface area contributed by atoms with E-state index in [9.17, 15) is 4.79 Å². The molecule has 3 heteroatoms. The maximum Gasteiger partial charge on any atom is 0.217 e. The van der Waals surface area contributed by atoms with E-state index in [1.54, 1.807) is 6.92 Å². The van der Waals surface area contributed by atoms with Crippen LogP contribution in [-0.2, 0) is 11.3 Å². The molecule has 0 bridgehead atoms. The zero-order valence-corrected chi connectivity index (χ0v) is 13.7. The molecule has 1 fully saturated rings. The van der Waals surface area contributed by atoms with Crippen molar-refractivity contribution in [1.29, 1.82) is 0 Å². The molecule has 2 aromatic rings. The largest absolute Gasteiger partial charge is 0.354 e. The van der Waals surface area contributed by atoms with Crippen molar-refractivity contribution in [2.24, 2.45) is 0 Å². The van der Waals surface area contributed by atoms with Crippen molar-refractivity contribution in [2.75, 3.05) is 13.1 Å². The number of likely N-dealkylation sites (tertiary alicyclic amines) is 1. The van der Waals surface area contributed by atoms with Gasteiger partial charge in [0.1, 0.15) is 0 Å². The third-order valence-electron chi connectivity index (χ3n) is 4.46. The first-order chi connectivity index (χ1) is 11.2. The maximum absolute atomic E-state index is 11.1. The molecule has 3 rings (SSSR count). The molecule has 2 aromatic carbocycles. The van der Waals surface area contributed by atoms with Crippen LogP contribution in [-0.4, -0.2) is 29.9 Å². The van der Waals surface area contributed by atoms with Crippen LogP contribution < -0.4 is 5.32 Å². The fourth-order valence-electron chi connectivity index (χ4n) is 3.21. The van der Waals surface area contributed by atoms with E-state index in [0.29, 0.717) is 6.04 Å². The van der Waals surface area contributed by atoms with E-state index in [0.717, 1.165) is 32.5 Å². The van der Waals surface area contributed by atoms with Crippen LogP contribution in [0.1, 0.15) is 25.3 Å². The molecule has 0 saturated carbocycles. The Bertz CT molecular complexity index is 628. The second-order valence-electron chi connectivity index (χ2n) is 6.31. The van der Waals surface area contributed by atoms with Crippen molar-refractivity contribution in [3.05, 3.63) is 60.2 Å². The van der Waals surface area contributed by atoms with Crippen LogP contribution in [0, 0.1) is 0 Å². The van der Waals surface area contributed by atoms with Gasteiger partial charge in [0.2, 0.25) is 5.91 Å². The van der Waals surface area contributed by atoms with E-state index < -0.39 is 0 Å². The number of nitrogens with one attached hydrogen (secondary N) is 1. The van der Waals surface area contributed by atoms with Gasteiger partial charge < -0.3 is 5.32 Å². The molecule has 1 aliphatic rings. The van der Waals surface area contributed by atoms with Gasteiger partial charge in [-0.3, -0.25) is 9.69 Å². The number of carbonyl (C=O) groups excluding carboxylic acids is 1. The number of hydrogen-bond acceptors (Lipinski definition) is 2. The standard InChI is InChI=1S/C20H24N2O/c1-16(23)21-20-11-13-22(14-12-20)15-17-7-9-19(10-8-17)18-5-3-2-4-6-18/h2-10,20H,11-15H2,1H3,(H,21,23). The average molecular weight is 308 g/mol. The quantitative estimate of drug-likeness (QED) is 0.938. The van der Waals surface area contributed by atoms with Crippen LogP contribution >= 0.6 is 0 Å². The predicted molar refractivity (Wildman–Crippen MR) is 94.0 cm³/mol. The van der Waals surface area contributed by atoms with Crippen LogP contribution in [0.25, 0.3) is 11.1 Å². The van der Waals surface area contributed by atoms with E-state index >= 15 is 0 Å². The van der Waals surface area contributed by atoms with Gasteiger partial charge >= 0.3 is 0 Å². The van der Waals surface area contributed by atoms with Gasteiger partial charge in [-0.05, 0) is 29.5 Å². The van der Waals surface area contributed by atoms with E-state index in [1.165, 1.54) is 16.7 Å². The first-order valence-electron chi connectivity index (χ1n) is 8.34. The summed E-state index contributed by atoms with van der Waals surface area (Å²) in [6.07, 6.45) is 2.09. The number of piperidine rings is 1. The summed E-state index contributed by atoms with van der Waals surface area (Å²) in [7, 11) is 0. The lowest BCUT2D eigenvalue weighted by Crippen LogP contribution is -2.43. The summed E-state index contributed by atoms with van der Waals surface area (Å²) in [5.41, 5.74) is 3.87. The Morgan fingerprint density at radius 3 is 2.22 bits per heavy atom. The summed E-state index contributed by atoms with van der Waals surface area (Å²) in [6, 6.07) is 19.7. The average Bonchev–Trinajstić information content (AvgIpc) is 2.58. The molecule has 0 aromatic heterocycles. The van der Waals surface area contributed by atoms with Crippen LogP contribution in [0.15, 0.2) is 54.6 Å². The smallest absolute Gasteiger partial charge is 0.217 e. The topological polar surface area (TPSA) is 32.3 Å². The van der Waals surface area contributed by atoms with Crippen LogP contribution in [0.4, 0.5) is 0 Å². The van der Waals surface area contributed by atoms with Crippen molar-refractivity contribution < 1.29 is 4.79 Å². The molecule has 0 spiro atoms. The minimum atomic E-state index is 0.0833. The Morgan fingerprint density at radius 1 is 1.00 bits per heavy atom. The monoisotopic (exact) mass is 308 g/mol. The molecule has 1 heterocycles. The highest BCUT2D eigenvalue weighted by Gasteiger charge is 2.19. The van der Waals surface area contributed by atoms with Gasteiger partial charge in [-0.2, -0.15) is 0 Å². The summed E-state index contributed by atoms with van der Waals surface area (Å²) in [6.45, 7) is 4.68. The summed E-state index contributed by atoms with van der Waals surface area (Å²) >= 11 is 0. The fraction of sp³-hybridized carbons (Fsp3) is 0.350. The lowest BCUT2D eigenvalue weighted by Gasteiger charge is -2.32. The zero-order chi connectivity index (χ0) is 16.1. The summed E-state index contributed by atoms with van der Waals surface area (Å²) in [4.78, 5) is 13.6. The first-order valence-corrected chi connectivity index (χ1v) is 8.34. The number of nitrogens with zero attached hydrogens (tertiary/aromatic N) is 1. The Labute approximate surface area is 138 Å². The normalized spacial score (nSPS) is 16.2. The first kappa shape index (κ1) is 15.8. The molecule has 120 valence electrons. The third-order valence-corrected chi connectivity index (χ3v) is 4.46. The Hall–Kier alpha value is -2.13. The van der Waals surface area contributed by atoms with Crippen molar-refractivity contribution in [3.63, 3.8) is 0 Å². The Morgan fingerprint density at radius 2 is 1.61 bits per heavy atom. The summed E-state index contributed by atoms with van der Waals surface area (Å²) in [5, 5.41) is 3.03. The maximum atomic E-state index is 11.1. The van der Waals surface area contributed by atoms with E-state index in [2.05, 4.69) is 58.7 Å². The second-order valence-corrected chi connectivity index (χ2v) is 6.31. The van der Waals surface area contributed by atoms with Gasteiger partial charge in [0.05, 0.1) is 0 Å². The molecule has 1 amide bonds. The van der Waals surface area contributed by atoms with E-state index in [4.69, 9.17) is 0 Å². The summed E-state index contributed by atoms with van der Waals surface area (Å²) in [5.74, 6) is 0.0833. The number of benzene rings is 2. The second kappa shape index (κ2) is 7.42. The highest BCUT2D eigenvalue weighted by Crippen LogP contribution is 2.20. The number of hydrogen-bond donors (Lipinski definition) is 1. The third kappa shape index (κ3) is 4.42. The molecule has 1 aliphatic heterocycles. The van der Waals surface area contributed by atoms with E-state index in [-0.39, 0.29) is 5.91 Å². The van der Waals surface area contributed by atoms with Gasteiger partial charge in [0.15, 0.2) is 0 Å². The van der Waals surface area contributed by atoms with Crippen molar-refractivity contribution in [1.82, 2.24) is 10.2 Å². The highest BCUT2D eigenvalue weighted by atomic mass is 16.1. The Kier molecular flexibility index (Phi) is 5.09. The van der Waals surface area contributed by atoms with E-state index in [1.807, 2.05) is 6.07 Å². The predicted octanol–water partition coefficient (Wildman–Crippen LogP) is 3.45. The molecular formula is C20H24N2O. The molecule has 1 saturated heterocycles. The molecule has 23 heavy (non-hydrogen) atoms. The fourth-order valence-corrected chi connectivity index (χ4v) is 3.21. The van der Waals surface area contributed by atoms with Crippen LogP contribution in [0.2, 0.25) is 0 Å². The molecule has 0 atom stereocenters. The summed E-state index contributed by atoms with van der Waals surface area (Å²) < 4.78 is 0. The van der Waals surface area contributed by atoms with Gasteiger partial charge in [0, 0.05) is 32.6 Å². The molecular weight excluding hydrogens is 284 g/mol. The van der Waals surface area contributed by atoms with Crippen molar-refractivity contribution >= 4 is 5.91 Å². The zero-order valence-electron chi connectivity index (χ0n) is 13.7. The van der Waals surface area contributed by atoms with Crippen molar-refractivity contribution in [2.45, 2.75) is 32.4 Å². The molecule has 0 aliphatic carbocycles. The van der Waals surface area contributed by atoms with Gasteiger partial charge in [-0.25, -0.2) is 0 Å². The molecule has 0 unspecified atom stereocenters. The van der Waals surface area contributed by atoms with Crippen molar-refractivity contribution in [3.8, 4) is 11.1 Å². The minimum absolute atomic E-state index is 0.0833. The molecule has 1 N–H and O–H groups in total.